The van der Waals surface area contributed by atoms with Crippen molar-refractivity contribution in [1.29, 1.82) is 0 Å². The molecular formula is C14H26O2. The highest BCUT2D eigenvalue weighted by Gasteiger charge is 2.27. The molecule has 0 spiro atoms. The van der Waals surface area contributed by atoms with E-state index in [0.717, 1.165) is 0 Å². The topological polar surface area (TPSA) is 18.5 Å². The van der Waals surface area contributed by atoms with Gasteiger partial charge in [-0.15, -0.1) is 0 Å². The minimum Gasteiger partial charge on any atom is -0.233 e. The minimum atomic E-state index is 0.350. The van der Waals surface area contributed by atoms with E-state index in [1.807, 2.05) is 0 Å². The molecule has 16 heavy (non-hydrogen) atoms. The zero-order chi connectivity index (χ0) is 11.4. The van der Waals surface area contributed by atoms with Gasteiger partial charge in [-0.3, -0.25) is 0 Å². The number of rotatable bonds is 3. The third-order valence-electron chi connectivity index (χ3n) is 4.37. The Bertz CT molecular complexity index is 183. The molecule has 4 unspecified atom stereocenters. The summed E-state index contributed by atoms with van der Waals surface area (Å²) in [4.78, 5) is 11.4. The van der Waals surface area contributed by atoms with Gasteiger partial charge in [0.1, 0.15) is 0 Å². The van der Waals surface area contributed by atoms with Crippen LogP contribution in [0.25, 0.3) is 0 Å². The molecule has 0 aromatic heterocycles. The van der Waals surface area contributed by atoms with Gasteiger partial charge in [0.25, 0.3) is 0 Å². The standard InChI is InChI=1S/C14H26O2/c1-11-7-3-5-9-13(11)15-16-14-10-6-4-8-12(14)2/h11-14H,3-10H2,1-2H3. The molecule has 0 aromatic rings. The second kappa shape index (κ2) is 6.02. The lowest BCUT2D eigenvalue weighted by Crippen LogP contribution is -2.31. The molecule has 0 amide bonds. The first kappa shape index (κ1) is 12.4. The SMILES string of the molecule is CC1CCCCC1OOC1CCCCC1C. The maximum Gasteiger partial charge on any atom is 0.0955 e. The van der Waals surface area contributed by atoms with Gasteiger partial charge < -0.3 is 0 Å². The summed E-state index contributed by atoms with van der Waals surface area (Å²) in [7, 11) is 0. The maximum absolute atomic E-state index is 5.71. The van der Waals surface area contributed by atoms with Crippen LogP contribution >= 0.6 is 0 Å². The van der Waals surface area contributed by atoms with E-state index in [1.165, 1.54) is 51.4 Å². The predicted molar refractivity (Wildman–Crippen MR) is 65.0 cm³/mol. The van der Waals surface area contributed by atoms with Crippen molar-refractivity contribution in [3.63, 3.8) is 0 Å². The molecule has 2 aliphatic rings. The molecule has 2 heteroatoms. The molecule has 0 radical (unpaired) electrons. The van der Waals surface area contributed by atoms with Gasteiger partial charge in [0, 0.05) is 0 Å². The van der Waals surface area contributed by atoms with Crippen LogP contribution in [-0.4, -0.2) is 12.2 Å². The molecule has 0 N–H and O–H groups in total. The summed E-state index contributed by atoms with van der Waals surface area (Å²) < 4.78 is 0. The number of hydrogen-bond donors (Lipinski definition) is 0. The largest absolute Gasteiger partial charge is 0.233 e. The molecule has 94 valence electrons. The van der Waals surface area contributed by atoms with Crippen molar-refractivity contribution in [2.24, 2.45) is 11.8 Å². The Kier molecular flexibility index (Phi) is 4.66. The summed E-state index contributed by atoms with van der Waals surface area (Å²) in [6.07, 6.45) is 11.0. The molecule has 2 rings (SSSR count). The van der Waals surface area contributed by atoms with Crippen LogP contribution in [0.5, 0.6) is 0 Å². The van der Waals surface area contributed by atoms with Gasteiger partial charge in [-0.2, -0.15) is 0 Å². The third-order valence-corrected chi connectivity index (χ3v) is 4.37. The Balaban J connectivity index is 1.72. The fourth-order valence-corrected chi connectivity index (χ4v) is 2.99. The van der Waals surface area contributed by atoms with Crippen molar-refractivity contribution in [2.75, 3.05) is 0 Å². The Morgan fingerprint density at radius 1 is 0.625 bits per heavy atom. The van der Waals surface area contributed by atoms with E-state index in [-0.39, 0.29) is 0 Å². The van der Waals surface area contributed by atoms with Gasteiger partial charge in [-0.25, -0.2) is 9.78 Å². The molecule has 2 nitrogen and oxygen atoms in total. The molecule has 0 aromatic carbocycles. The van der Waals surface area contributed by atoms with Crippen LogP contribution in [0, 0.1) is 11.8 Å². The molecule has 2 aliphatic carbocycles. The van der Waals surface area contributed by atoms with E-state index in [9.17, 15) is 0 Å². The molecule has 2 fully saturated rings. The number of hydrogen-bond acceptors (Lipinski definition) is 2. The zero-order valence-electron chi connectivity index (χ0n) is 10.8. The molecule has 0 bridgehead atoms. The van der Waals surface area contributed by atoms with Crippen LogP contribution in [0.2, 0.25) is 0 Å². The summed E-state index contributed by atoms with van der Waals surface area (Å²) in [6.45, 7) is 4.58. The van der Waals surface area contributed by atoms with E-state index in [1.54, 1.807) is 0 Å². The molecule has 0 heterocycles. The highest BCUT2D eigenvalue weighted by Crippen LogP contribution is 2.30. The normalized spacial score (nSPS) is 40.9. The van der Waals surface area contributed by atoms with E-state index in [4.69, 9.17) is 9.78 Å². The lowest BCUT2D eigenvalue weighted by Gasteiger charge is -2.32. The smallest absolute Gasteiger partial charge is 0.0955 e. The first-order valence-electron chi connectivity index (χ1n) is 7.09. The minimum absolute atomic E-state index is 0.350. The lowest BCUT2D eigenvalue weighted by molar-refractivity contribution is -0.371. The van der Waals surface area contributed by atoms with E-state index in [0.29, 0.717) is 24.0 Å². The predicted octanol–water partition coefficient (Wildman–Crippen LogP) is 4.09. The fraction of sp³-hybridized carbons (Fsp3) is 1.00. The monoisotopic (exact) mass is 226 g/mol. The second-order valence-electron chi connectivity index (χ2n) is 5.79. The van der Waals surface area contributed by atoms with Crippen molar-refractivity contribution in [2.45, 2.75) is 77.4 Å². The van der Waals surface area contributed by atoms with E-state index < -0.39 is 0 Å². The van der Waals surface area contributed by atoms with Crippen LogP contribution < -0.4 is 0 Å². The highest BCUT2D eigenvalue weighted by molar-refractivity contribution is 4.73. The first-order chi connectivity index (χ1) is 7.77. The average molecular weight is 226 g/mol. The Labute approximate surface area is 99.6 Å². The van der Waals surface area contributed by atoms with Crippen molar-refractivity contribution in [3.05, 3.63) is 0 Å². The average Bonchev–Trinajstić information content (AvgIpc) is 2.30. The highest BCUT2D eigenvalue weighted by atomic mass is 17.2. The van der Waals surface area contributed by atoms with Gasteiger partial charge in [0.05, 0.1) is 12.2 Å². The van der Waals surface area contributed by atoms with E-state index in [2.05, 4.69) is 13.8 Å². The first-order valence-corrected chi connectivity index (χ1v) is 7.09. The third kappa shape index (κ3) is 3.21. The Hall–Kier alpha value is -0.0800. The van der Waals surface area contributed by atoms with Crippen LogP contribution in [0.3, 0.4) is 0 Å². The van der Waals surface area contributed by atoms with Crippen molar-refractivity contribution >= 4 is 0 Å². The summed E-state index contributed by atoms with van der Waals surface area (Å²) >= 11 is 0. The molecule has 2 saturated carbocycles. The maximum atomic E-state index is 5.71. The quantitative estimate of drug-likeness (QED) is 0.533. The summed E-state index contributed by atoms with van der Waals surface area (Å²) in [5.41, 5.74) is 0. The van der Waals surface area contributed by atoms with Gasteiger partial charge in [0.15, 0.2) is 0 Å². The molecule has 4 atom stereocenters. The van der Waals surface area contributed by atoms with Gasteiger partial charge in [0.2, 0.25) is 0 Å². The van der Waals surface area contributed by atoms with Crippen LogP contribution in [0.15, 0.2) is 0 Å². The zero-order valence-corrected chi connectivity index (χ0v) is 10.8. The van der Waals surface area contributed by atoms with Crippen molar-refractivity contribution in [1.82, 2.24) is 0 Å². The van der Waals surface area contributed by atoms with Crippen LogP contribution in [-0.2, 0) is 9.78 Å². The molecular weight excluding hydrogens is 200 g/mol. The fourth-order valence-electron chi connectivity index (χ4n) is 2.99. The lowest BCUT2D eigenvalue weighted by atomic mass is 9.88. The van der Waals surface area contributed by atoms with Gasteiger partial charge in [-0.05, 0) is 37.5 Å². The van der Waals surface area contributed by atoms with Crippen molar-refractivity contribution < 1.29 is 9.78 Å². The van der Waals surface area contributed by atoms with Crippen molar-refractivity contribution in [3.8, 4) is 0 Å². The Morgan fingerprint density at radius 3 is 1.38 bits per heavy atom. The summed E-state index contributed by atoms with van der Waals surface area (Å²) in [5, 5.41) is 0. The van der Waals surface area contributed by atoms with E-state index >= 15 is 0 Å². The van der Waals surface area contributed by atoms with Gasteiger partial charge in [-0.1, -0.05) is 39.5 Å². The summed E-state index contributed by atoms with van der Waals surface area (Å²) in [5.74, 6) is 1.35. The van der Waals surface area contributed by atoms with Crippen LogP contribution in [0.4, 0.5) is 0 Å². The molecule has 0 aliphatic heterocycles. The molecule has 0 saturated heterocycles. The Morgan fingerprint density at radius 2 is 1.00 bits per heavy atom. The second-order valence-corrected chi connectivity index (χ2v) is 5.79. The summed E-state index contributed by atoms with van der Waals surface area (Å²) in [6, 6.07) is 0. The van der Waals surface area contributed by atoms with Crippen LogP contribution in [0.1, 0.15) is 65.2 Å². The van der Waals surface area contributed by atoms with Gasteiger partial charge >= 0.3 is 0 Å².